The van der Waals surface area contributed by atoms with E-state index < -0.39 is 0 Å². The van der Waals surface area contributed by atoms with E-state index in [1.807, 2.05) is 35.2 Å². The Hall–Kier alpha value is -2.50. The molecule has 2 aliphatic rings. The Labute approximate surface area is 185 Å². The molecule has 0 radical (unpaired) electrons. The Balaban J connectivity index is 1.23. The summed E-state index contributed by atoms with van der Waals surface area (Å²) < 4.78 is 14.0. The summed E-state index contributed by atoms with van der Waals surface area (Å²) in [6, 6.07) is 17.3. The highest BCUT2D eigenvalue weighted by Crippen LogP contribution is 2.22. The lowest BCUT2D eigenvalue weighted by atomic mass is 9.95. The van der Waals surface area contributed by atoms with Crippen LogP contribution in [0.3, 0.4) is 0 Å². The van der Waals surface area contributed by atoms with Crippen molar-refractivity contribution in [1.29, 1.82) is 0 Å². The van der Waals surface area contributed by atoms with Crippen LogP contribution in [-0.4, -0.2) is 66.4 Å². The monoisotopic (exact) mass is 421 g/mol. The van der Waals surface area contributed by atoms with Crippen molar-refractivity contribution in [3.8, 4) is 0 Å². The Bertz CT molecular complexity index is 877. The van der Waals surface area contributed by atoms with Gasteiger partial charge in [-0.25, -0.2) is 4.39 Å². The minimum absolute atomic E-state index is 0.0325. The van der Waals surface area contributed by atoms with Crippen LogP contribution >= 0.6 is 0 Å². The third-order valence-corrected chi connectivity index (χ3v) is 6.36. The van der Waals surface area contributed by atoms with Crippen molar-refractivity contribution in [2.75, 3.05) is 45.8 Å². The van der Waals surface area contributed by atoms with Crippen molar-refractivity contribution in [3.63, 3.8) is 0 Å². The molecule has 5 heteroatoms. The van der Waals surface area contributed by atoms with Crippen LogP contribution in [0.1, 0.15) is 24.0 Å². The van der Waals surface area contributed by atoms with Gasteiger partial charge in [0.25, 0.3) is 0 Å². The minimum Gasteiger partial charge on any atom is -0.340 e. The largest absolute Gasteiger partial charge is 0.340 e. The zero-order valence-corrected chi connectivity index (χ0v) is 18.1. The SMILES string of the molecule is O=C(C1CCCN(Cc2ccccc2F)C1)N1CCN(C/C=C/c2ccccc2)CC1. The van der Waals surface area contributed by atoms with Crippen molar-refractivity contribution in [3.05, 3.63) is 77.6 Å². The topological polar surface area (TPSA) is 26.8 Å². The van der Waals surface area contributed by atoms with E-state index in [1.54, 1.807) is 6.07 Å². The molecule has 4 rings (SSSR count). The second kappa shape index (κ2) is 10.7. The van der Waals surface area contributed by atoms with E-state index >= 15 is 0 Å². The van der Waals surface area contributed by atoms with Crippen molar-refractivity contribution >= 4 is 12.0 Å². The van der Waals surface area contributed by atoms with Crippen LogP contribution in [0.5, 0.6) is 0 Å². The first-order chi connectivity index (χ1) is 15.2. The molecule has 4 nitrogen and oxygen atoms in total. The molecule has 2 heterocycles. The maximum absolute atomic E-state index is 14.0. The molecule has 1 amide bonds. The van der Waals surface area contributed by atoms with Crippen molar-refractivity contribution in [2.45, 2.75) is 19.4 Å². The highest BCUT2D eigenvalue weighted by atomic mass is 19.1. The minimum atomic E-state index is -0.159. The normalized spacial score (nSPS) is 20.9. The van der Waals surface area contributed by atoms with Gasteiger partial charge in [0, 0.05) is 51.4 Å². The predicted molar refractivity (Wildman–Crippen MR) is 123 cm³/mol. The number of piperidine rings is 1. The molecule has 2 aromatic carbocycles. The van der Waals surface area contributed by atoms with Gasteiger partial charge in [0.05, 0.1) is 5.92 Å². The fourth-order valence-electron chi connectivity index (χ4n) is 4.58. The highest BCUT2D eigenvalue weighted by Gasteiger charge is 2.31. The summed E-state index contributed by atoms with van der Waals surface area (Å²) in [7, 11) is 0. The summed E-state index contributed by atoms with van der Waals surface area (Å²) in [5, 5.41) is 0. The Morgan fingerprint density at radius 3 is 2.45 bits per heavy atom. The van der Waals surface area contributed by atoms with Crippen LogP contribution in [0.25, 0.3) is 6.08 Å². The number of likely N-dealkylation sites (tertiary alicyclic amines) is 1. The van der Waals surface area contributed by atoms with Gasteiger partial charge in [0.2, 0.25) is 5.91 Å². The van der Waals surface area contributed by atoms with Crippen LogP contribution < -0.4 is 0 Å². The molecule has 0 N–H and O–H groups in total. The fraction of sp³-hybridized carbons (Fsp3) is 0.423. The number of hydrogen-bond donors (Lipinski definition) is 0. The number of carbonyl (C=O) groups is 1. The molecule has 2 fully saturated rings. The molecule has 0 aliphatic carbocycles. The van der Waals surface area contributed by atoms with Crippen LogP contribution in [0.2, 0.25) is 0 Å². The summed E-state index contributed by atoms with van der Waals surface area (Å²) in [5.41, 5.74) is 1.93. The van der Waals surface area contributed by atoms with E-state index in [-0.39, 0.29) is 17.6 Å². The Morgan fingerprint density at radius 2 is 1.68 bits per heavy atom. The smallest absolute Gasteiger partial charge is 0.227 e. The van der Waals surface area contributed by atoms with Crippen LogP contribution in [-0.2, 0) is 11.3 Å². The van der Waals surface area contributed by atoms with E-state index in [2.05, 4.69) is 34.1 Å². The number of carbonyl (C=O) groups excluding carboxylic acids is 1. The standard InChI is InChI=1S/C26H32FN3O/c27-25-13-5-4-11-23(25)20-29-15-7-12-24(21-29)26(31)30-18-16-28(17-19-30)14-6-10-22-8-2-1-3-9-22/h1-6,8-11,13,24H,7,12,14-21H2/b10-6+. The zero-order valence-electron chi connectivity index (χ0n) is 18.1. The van der Waals surface area contributed by atoms with Crippen molar-refractivity contribution < 1.29 is 9.18 Å². The van der Waals surface area contributed by atoms with Crippen molar-refractivity contribution in [1.82, 2.24) is 14.7 Å². The van der Waals surface area contributed by atoms with E-state index in [1.165, 1.54) is 11.6 Å². The number of rotatable bonds is 6. The number of nitrogens with zero attached hydrogens (tertiary/aromatic N) is 3. The zero-order chi connectivity index (χ0) is 21.5. The first-order valence-corrected chi connectivity index (χ1v) is 11.4. The average molecular weight is 422 g/mol. The maximum Gasteiger partial charge on any atom is 0.227 e. The Morgan fingerprint density at radius 1 is 0.935 bits per heavy atom. The van der Waals surface area contributed by atoms with Crippen LogP contribution in [0.4, 0.5) is 4.39 Å². The van der Waals surface area contributed by atoms with E-state index in [9.17, 15) is 9.18 Å². The third kappa shape index (κ3) is 6.02. The lowest BCUT2D eigenvalue weighted by Crippen LogP contribution is -2.52. The molecule has 31 heavy (non-hydrogen) atoms. The molecular formula is C26H32FN3O. The first-order valence-electron chi connectivity index (χ1n) is 11.4. The van der Waals surface area contributed by atoms with E-state index in [4.69, 9.17) is 0 Å². The third-order valence-electron chi connectivity index (χ3n) is 6.36. The van der Waals surface area contributed by atoms with Gasteiger partial charge in [0.15, 0.2) is 0 Å². The average Bonchev–Trinajstić information content (AvgIpc) is 2.81. The number of hydrogen-bond acceptors (Lipinski definition) is 3. The highest BCUT2D eigenvalue weighted by molar-refractivity contribution is 5.79. The van der Waals surface area contributed by atoms with Crippen LogP contribution in [0.15, 0.2) is 60.7 Å². The number of amides is 1. The van der Waals surface area contributed by atoms with Gasteiger partial charge in [-0.1, -0.05) is 60.7 Å². The first kappa shape index (κ1) is 21.7. The summed E-state index contributed by atoms with van der Waals surface area (Å²) >= 11 is 0. The van der Waals surface area contributed by atoms with Gasteiger partial charge in [-0.05, 0) is 31.0 Å². The molecule has 0 spiro atoms. The van der Waals surface area contributed by atoms with E-state index in [0.29, 0.717) is 12.1 Å². The van der Waals surface area contributed by atoms with Gasteiger partial charge in [-0.3, -0.25) is 14.6 Å². The van der Waals surface area contributed by atoms with E-state index in [0.717, 1.165) is 58.7 Å². The molecule has 2 aliphatic heterocycles. The molecular weight excluding hydrogens is 389 g/mol. The maximum atomic E-state index is 14.0. The van der Waals surface area contributed by atoms with Gasteiger partial charge in [-0.15, -0.1) is 0 Å². The Kier molecular flexibility index (Phi) is 7.49. The second-order valence-corrected chi connectivity index (χ2v) is 8.60. The molecule has 1 atom stereocenters. The number of piperazine rings is 1. The lowest BCUT2D eigenvalue weighted by molar-refractivity contribution is -0.139. The van der Waals surface area contributed by atoms with Gasteiger partial charge in [0.1, 0.15) is 5.82 Å². The number of halogens is 1. The molecule has 0 bridgehead atoms. The predicted octanol–water partition coefficient (Wildman–Crippen LogP) is 3.90. The fourth-order valence-corrected chi connectivity index (χ4v) is 4.58. The molecule has 0 saturated carbocycles. The number of benzene rings is 2. The molecule has 0 aromatic heterocycles. The molecule has 2 aromatic rings. The quantitative estimate of drug-likeness (QED) is 0.708. The lowest BCUT2D eigenvalue weighted by Gasteiger charge is -2.38. The van der Waals surface area contributed by atoms with Gasteiger partial charge < -0.3 is 4.90 Å². The molecule has 2 saturated heterocycles. The van der Waals surface area contributed by atoms with Gasteiger partial charge >= 0.3 is 0 Å². The summed E-state index contributed by atoms with van der Waals surface area (Å²) in [5.74, 6) is 0.149. The summed E-state index contributed by atoms with van der Waals surface area (Å²) in [4.78, 5) is 19.8. The molecule has 1 unspecified atom stereocenters. The summed E-state index contributed by atoms with van der Waals surface area (Å²) in [6.45, 7) is 6.57. The summed E-state index contributed by atoms with van der Waals surface area (Å²) in [6.07, 6.45) is 6.29. The van der Waals surface area contributed by atoms with Crippen LogP contribution in [0, 0.1) is 11.7 Å². The van der Waals surface area contributed by atoms with Crippen molar-refractivity contribution in [2.24, 2.45) is 5.92 Å². The van der Waals surface area contributed by atoms with Gasteiger partial charge in [-0.2, -0.15) is 0 Å². The molecule has 164 valence electrons. The second-order valence-electron chi connectivity index (χ2n) is 8.60.